The van der Waals surface area contributed by atoms with E-state index in [1.807, 2.05) is 0 Å². The Hall–Kier alpha value is -0.800. The van der Waals surface area contributed by atoms with Crippen LogP contribution in [0.25, 0.3) is 0 Å². The molecule has 1 unspecified atom stereocenters. The minimum atomic E-state index is -0.809. The van der Waals surface area contributed by atoms with Crippen molar-refractivity contribution < 1.29 is 9.50 Å². The maximum Gasteiger partial charge on any atom is 0.141 e. The minimum absolute atomic E-state index is 0.0150. The average Bonchev–Trinajstić information content (AvgIpc) is 2.36. The van der Waals surface area contributed by atoms with Crippen molar-refractivity contribution in [2.75, 3.05) is 0 Å². The first kappa shape index (κ1) is 14.6. The first-order valence-corrected chi connectivity index (χ1v) is 6.67. The zero-order valence-corrected chi connectivity index (χ0v) is 12.0. The van der Waals surface area contributed by atoms with Crippen LogP contribution in [-0.2, 0) is 6.42 Å². The van der Waals surface area contributed by atoms with Crippen molar-refractivity contribution in [3.63, 3.8) is 0 Å². The molecule has 0 radical (unpaired) electrons. The fourth-order valence-electron chi connectivity index (χ4n) is 1.73. The summed E-state index contributed by atoms with van der Waals surface area (Å²) in [5, 5.41) is 11.1. The number of aliphatic hydroxyl groups excluding tert-OH is 1. The van der Waals surface area contributed by atoms with E-state index >= 15 is 0 Å². The number of aliphatic hydroxyl groups is 1. The highest BCUT2D eigenvalue weighted by Crippen LogP contribution is 2.27. The van der Waals surface area contributed by atoms with Crippen LogP contribution < -0.4 is 0 Å². The molecule has 0 saturated carbocycles. The minimum Gasteiger partial charge on any atom is -0.388 e. The highest BCUT2D eigenvalue weighted by Gasteiger charge is 2.13. The summed E-state index contributed by atoms with van der Waals surface area (Å²) in [6.07, 6.45) is -0.505. The average molecular weight is 320 g/mol. The molecule has 5 heteroatoms. The molecule has 1 N–H and O–H groups in total. The molecule has 0 aromatic heterocycles. The molecule has 0 fully saturated rings. The Morgan fingerprint density at radius 3 is 2.37 bits per heavy atom. The van der Waals surface area contributed by atoms with Crippen LogP contribution in [-0.4, -0.2) is 5.11 Å². The van der Waals surface area contributed by atoms with Crippen LogP contribution in [0.3, 0.4) is 0 Å². The van der Waals surface area contributed by atoms with Gasteiger partial charge in [-0.25, -0.2) is 4.39 Å². The molecule has 0 saturated heterocycles. The molecule has 100 valence electrons. The van der Waals surface area contributed by atoms with Crippen molar-refractivity contribution in [1.82, 2.24) is 0 Å². The molecule has 0 bridgehead atoms. The van der Waals surface area contributed by atoms with Crippen molar-refractivity contribution in [2.24, 2.45) is 0 Å². The molecule has 2 aromatic rings. The van der Waals surface area contributed by atoms with Crippen molar-refractivity contribution >= 4 is 34.8 Å². The van der Waals surface area contributed by atoms with Gasteiger partial charge in [0.15, 0.2) is 0 Å². The van der Waals surface area contributed by atoms with Gasteiger partial charge in [-0.05, 0) is 35.4 Å². The van der Waals surface area contributed by atoms with E-state index in [1.54, 1.807) is 18.2 Å². The summed E-state index contributed by atoms with van der Waals surface area (Å²) in [4.78, 5) is 0. The molecule has 2 rings (SSSR count). The number of rotatable bonds is 3. The first-order chi connectivity index (χ1) is 8.97. The van der Waals surface area contributed by atoms with Gasteiger partial charge >= 0.3 is 0 Å². The van der Waals surface area contributed by atoms with Crippen LogP contribution in [0.5, 0.6) is 0 Å². The summed E-state index contributed by atoms with van der Waals surface area (Å²) >= 11 is 17.5. The van der Waals surface area contributed by atoms with Gasteiger partial charge in [0, 0.05) is 16.5 Å². The smallest absolute Gasteiger partial charge is 0.141 e. The monoisotopic (exact) mass is 318 g/mol. The van der Waals surface area contributed by atoms with Gasteiger partial charge in [0.25, 0.3) is 0 Å². The lowest BCUT2D eigenvalue weighted by molar-refractivity contribution is 0.178. The van der Waals surface area contributed by atoms with Crippen molar-refractivity contribution in [3.05, 3.63) is 68.4 Å². The van der Waals surface area contributed by atoms with Gasteiger partial charge in [-0.15, -0.1) is 0 Å². The first-order valence-electron chi connectivity index (χ1n) is 5.54. The number of benzene rings is 2. The highest BCUT2D eigenvalue weighted by atomic mass is 35.5. The second-order valence-corrected chi connectivity index (χ2v) is 5.38. The fraction of sp³-hybridized carbons (Fsp3) is 0.143. The van der Waals surface area contributed by atoms with E-state index in [4.69, 9.17) is 34.8 Å². The standard InChI is InChI=1S/C14H10Cl3FO/c15-10-3-1-8(11(16)7-10)6-14(19)9-2-4-13(18)12(17)5-9/h1-5,7,14,19H,6H2. The third-order valence-electron chi connectivity index (χ3n) is 2.76. The van der Waals surface area contributed by atoms with E-state index in [0.29, 0.717) is 22.0 Å². The second-order valence-electron chi connectivity index (χ2n) is 4.13. The lowest BCUT2D eigenvalue weighted by Gasteiger charge is -2.13. The van der Waals surface area contributed by atoms with Gasteiger partial charge in [-0.3, -0.25) is 0 Å². The SMILES string of the molecule is OC(Cc1ccc(Cl)cc1Cl)c1ccc(F)c(Cl)c1. The zero-order chi connectivity index (χ0) is 14.0. The molecular weight excluding hydrogens is 310 g/mol. The normalized spacial score (nSPS) is 12.5. The number of hydrogen-bond acceptors (Lipinski definition) is 1. The van der Waals surface area contributed by atoms with Gasteiger partial charge < -0.3 is 5.11 Å². The van der Waals surface area contributed by atoms with Gasteiger partial charge in [0.2, 0.25) is 0 Å². The molecule has 19 heavy (non-hydrogen) atoms. The van der Waals surface area contributed by atoms with E-state index in [9.17, 15) is 9.50 Å². The molecule has 0 spiro atoms. The maximum absolute atomic E-state index is 13.0. The molecular formula is C14H10Cl3FO. The molecule has 0 aliphatic carbocycles. The third-order valence-corrected chi connectivity index (χ3v) is 3.63. The third kappa shape index (κ3) is 3.61. The summed E-state index contributed by atoms with van der Waals surface area (Å²) in [6, 6.07) is 9.19. The Morgan fingerprint density at radius 1 is 1.00 bits per heavy atom. The van der Waals surface area contributed by atoms with E-state index in [2.05, 4.69) is 0 Å². The molecule has 0 amide bonds. The Balaban J connectivity index is 2.20. The highest BCUT2D eigenvalue weighted by molar-refractivity contribution is 6.35. The number of hydrogen-bond donors (Lipinski definition) is 1. The molecule has 1 nitrogen and oxygen atoms in total. The van der Waals surface area contributed by atoms with Crippen LogP contribution >= 0.6 is 34.8 Å². The topological polar surface area (TPSA) is 20.2 Å². The van der Waals surface area contributed by atoms with Crippen LogP contribution in [0.4, 0.5) is 4.39 Å². The molecule has 1 atom stereocenters. The number of halogens is 4. The summed E-state index contributed by atoms with van der Waals surface area (Å²) in [6.45, 7) is 0. The zero-order valence-electron chi connectivity index (χ0n) is 9.71. The van der Waals surface area contributed by atoms with Gasteiger partial charge in [-0.1, -0.05) is 46.9 Å². The predicted molar refractivity (Wildman–Crippen MR) is 76.5 cm³/mol. The predicted octanol–water partition coefficient (Wildman–Crippen LogP) is 5.06. The summed E-state index contributed by atoms with van der Waals surface area (Å²) in [7, 11) is 0. The largest absolute Gasteiger partial charge is 0.388 e. The summed E-state index contributed by atoms with van der Waals surface area (Å²) in [5.74, 6) is -0.512. The van der Waals surface area contributed by atoms with Gasteiger partial charge in [0.1, 0.15) is 5.82 Å². The molecule has 0 heterocycles. The Kier molecular flexibility index (Phi) is 4.69. The van der Waals surface area contributed by atoms with Crippen LogP contribution in [0.1, 0.15) is 17.2 Å². The Morgan fingerprint density at radius 2 is 1.74 bits per heavy atom. The molecule has 0 aliphatic heterocycles. The quantitative estimate of drug-likeness (QED) is 0.838. The van der Waals surface area contributed by atoms with E-state index < -0.39 is 11.9 Å². The summed E-state index contributed by atoms with van der Waals surface area (Å²) < 4.78 is 13.0. The fourth-order valence-corrected chi connectivity index (χ4v) is 2.41. The molecule has 0 aliphatic rings. The van der Waals surface area contributed by atoms with Crippen LogP contribution in [0, 0.1) is 5.82 Å². The van der Waals surface area contributed by atoms with Crippen LogP contribution in [0.2, 0.25) is 15.1 Å². The summed E-state index contributed by atoms with van der Waals surface area (Å²) in [5.41, 5.74) is 1.30. The maximum atomic E-state index is 13.0. The van der Waals surface area contributed by atoms with E-state index in [-0.39, 0.29) is 5.02 Å². The van der Waals surface area contributed by atoms with Crippen LogP contribution in [0.15, 0.2) is 36.4 Å². The van der Waals surface area contributed by atoms with Gasteiger partial charge in [0.05, 0.1) is 11.1 Å². The lowest BCUT2D eigenvalue weighted by Crippen LogP contribution is -2.02. The van der Waals surface area contributed by atoms with E-state index in [0.717, 1.165) is 5.56 Å². The van der Waals surface area contributed by atoms with E-state index in [1.165, 1.54) is 18.2 Å². The van der Waals surface area contributed by atoms with Crippen molar-refractivity contribution in [2.45, 2.75) is 12.5 Å². The Bertz CT molecular complexity index is 601. The molecule has 2 aromatic carbocycles. The van der Waals surface area contributed by atoms with Gasteiger partial charge in [-0.2, -0.15) is 0 Å². The van der Waals surface area contributed by atoms with Crippen molar-refractivity contribution in [3.8, 4) is 0 Å². The second kappa shape index (κ2) is 6.10. The van der Waals surface area contributed by atoms with Crippen molar-refractivity contribution in [1.29, 1.82) is 0 Å². The lowest BCUT2D eigenvalue weighted by atomic mass is 10.0. The Labute approximate surface area is 125 Å².